The molecule has 0 aliphatic heterocycles. The van der Waals surface area contributed by atoms with Crippen molar-refractivity contribution in [1.82, 2.24) is 21.3 Å². The van der Waals surface area contributed by atoms with Gasteiger partial charge in [-0.1, -0.05) is 33.6 Å². The van der Waals surface area contributed by atoms with Gasteiger partial charge in [0.25, 0.3) is 23.6 Å². The van der Waals surface area contributed by atoms with Crippen molar-refractivity contribution in [3.63, 3.8) is 0 Å². The van der Waals surface area contributed by atoms with Crippen LogP contribution in [0.5, 0.6) is 0 Å². The lowest BCUT2D eigenvalue weighted by molar-refractivity contribution is -0.117. The predicted molar refractivity (Wildman–Crippen MR) is 266 cm³/mol. The van der Waals surface area contributed by atoms with Crippen LogP contribution in [0, 0.1) is 34.6 Å². The van der Waals surface area contributed by atoms with Crippen LogP contribution in [0.1, 0.15) is 135 Å². The van der Waals surface area contributed by atoms with Gasteiger partial charge in [0.15, 0.2) is 0 Å². The first kappa shape index (κ1) is 63.9. The number of nitrogens with zero attached hydrogens (tertiary/aromatic N) is 2. The molecule has 22 nitrogen and oxygen atoms in total. The van der Waals surface area contributed by atoms with E-state index in [0.29, 0.717) is 18.4 Å². The molecule has 71 heavy (non-hydrogen) atoms. The van der Waals surface area contributed by atoms with Crippen LogP contribution in [0.2, 0.25) is 0 Å². The van der Waals surface area contributed by atoms with E-state index in [1.165, 1.54) is 37.5 Å². The Bertz CT molecular complexity index is 2070. The number of hydrogen-bond acceptors (Lipinski definition) is 16. The minimum Gasteiger partial charge on any atom is -0.394 e. The molecule has 6 amide bonds. The minimum atomic E-state index is -1.28. The van der Waals surface area contributed by atoms with Gasteiger partial charge in [-0.2, -0.15) is 0 Å². The molecule has 0 aliphatic rings. The molecule has 0 aliphatic carbocycles. The van der Waals surface area contributed by atoms with Crippen molar-refractivity contribution in [2.45, 2.75) is 138 Å². The van der Waals surface area contributed by atoms with Crippen LogP contribution < -0.4 is 31.1 Å². The predicted octanol–water partition coefficient (Wildman–Crippen LogP) is -1.16. The van der Waals surface area contributed by atoms with Gasteiger partial charge in [-0.15, -0.1) is 0 Å². The highest BCUT2D eigenvalue weighted by atomic mass is 16.3. The lowest BCUT2D eigenvalue weighted by atomic mass is 9.87. The Kier molecular flexibility index (Phi) is 28.2. The summed E-state index contributed by atoms with van der Waals surface area (Å²) < 4.78 is 0. The first-order valence-electron chi connectivity index (χ1n) is 23.9. The summed E-state index contributed by atoms with van der Waals surface area (Å²) in [5.41, 5.74) is 1.95. The van der Waals surface area contributed by atoms with Gasteiger partial charge in [0.1, 0.15) is 0 Å². The van der Waals surface area contributed by atoms with E-state index in [-0.39, 0.29) is 120 Å². The normalized spacial score (nSPS) is 13.6. The van der Waals surface area contributed by atoms with Crippen molar-refractivity contribution in [2.24, 2.45) is 0 Å². The molecule has 6 atom stereocenters. The lowest BCUT2D eigenvalue weighted by Crippen LogP contribution is -2.40. The monoisotopic (exact) mass is 1010 g/mol. The second kappa shape index (κ2) is 31.3. The first-order chi connectivity index (χ1) is 33.4. The standard InChI is InChI=1S/C47H74N6O16.C2H6/c1-9-37-41(47(69)51-17-36(65)23-57)25(3)40(46(68)50-16-35(64)22-56)28(6)43(37)53(30(8)59)19-32(61)13-11-10-12-31(60)18-52(29(7)58)42-26(4)38(44(66)48-14-33(62)20-54)24(2)39(27(42)5)45(67)49-15-34(63)21-55;1-2/h31-36,54-57,60-65H,9-23H2,1-8H3,(H,48,66)(H,49,67)(H,50,68)(H,51,69);1-2H3. The van der Waals surface area contributed by atoms with Gasteiger partial charge in [0.2, 0.25) is 11.8 Å². The van der Waals surface area contributed by atoms with E-state index in [0.717, 1.165) is 0 Å². The largest absolute Gasteiger partial charge is 0.394 e. The zero-order valence-corrected chi connectivity index (χ0v) is 42.9. The first-order valence-corrected chi connectivity index (χ1v) is 23.9. The highest BCUT2D eigenvalue weighted by Crippen LogP contribution is 2.37. The second-order valence-corrected chi connectivity index (χ2v) is 17.2. The summed E-state index contributed by atoms with van der Waals surface area (Å²) in [6.45, 7) is 11.5. The Balaban J connectivity index is 0.0000124. The molecule has 2 aromatic carbocycles. The van der Waals surface area contributed by atoms with Crippen molar-refractivity contribution in [1.29, 1.82) is 0 Å². The van der Waals surface area contributed by atoms with Crippen LogP contribution in [0.25, 0.3) is 0 Å². The summed E-state index contributed by atoms with van der Waals surface area (Å²) in [4.78, 5) is 83.8. The molecule has 402 valence electrons. The van der Waals surface area contributed by atoms with Crippen molar-refractivity contribution in [3.8, 4) is 0 Å². The van der Waals surface area contributed by atoms with E-state index in [4.69, 9.17) is 0 Å². The molecule has 0 fully saturated rings. The molecule has 2 rings (SSSR count). The van der Waals surface area contributed by atoms with Crippen LogP contribution in [0.15, 0.2) is 0 Å². The van der Waals surface area contributed by atoms with E-state index in [1.54, 1.807) is 27.7 Å². The molecule has 0 radical (unpaired) electrons. The molecular weight excluding hydrogens is 929 g/mol. The van der Waals surface area contributed by atoms with Crippen LogP contribution >= 0.6 is 0 Å². The topological polar surface area (TPSA) is 359 Å². The Morgan fingerprint density at radius 2 is 0.704 bits per heavy atom. The molecule has 2 aromatic rings. The number of unbranched alkanes of at least 4 members (excludes halogenated alkanes) is 1. The number of nitrogens with one attached hydrogen (secondary N) is 4. The molecule has 0 saturated heterocycles. The second-order valence-electron chi connectivity index (χ2n) is 17.2. The fourth-order valence-electron chi connectivity index (χ4n) is 8.32. The van der Waals surface area contributed by atoms with E-state index in [1.807, 2.05) is 13.8 Å². The SMILES string of the molecule is CC.CCc1c(C(=O)NCC(O)CO)c(C)c(C(=O)NCC(O)CO)c(C)c1N(CC(O)CCCCC(O)CN(C(C)=O)c1c(C)c(C(=O)NCC(O)CO)c(C)c(C(=O)NCC(O)CO)c1C)C(C)=O. The quantitative estimate of drug-likeness (QED) is 0.0447. The summed E-state index contributed by atoms with van der Waals surface area (Å²) in [6, 6.07) is 0. The molecule has 22 heteroatoms. The van der Waals surface area contributed by atoms with E-state index >= 15 is 0 Å². The molecular formula is C49H80N6O16. The number of aliphatic hydroxyl groups excluding tert-OH is 10. The maximum Gasteiger partial charge on any atom is 0.252 e. The van der Waals surface area contributed by atoms with Gasteiger partial charge >= 0.3 is 0 Å². The number of benzene rings is 2. The van der Waals surface area contributed by atoms with E-state index < -0.39 is 98.5 Å². The van der Waals surface area contributed by atoms with Crippen molar-refractivity contribution < 1.29 is 79.8 Å². The maximum absolute atomic E-state index is 13.7. The molecule has 6 unspecified atom stereocenters. The van der Waals surface area contributed by atoms with Gasteiger partial charge in [0.05, 0.1) is 87.5 Å². The van der Waals surface area contributed by atoms with Crippen molar-refractivity contribution in [2.75, 3.05) is 75.5 Å². The molecule has 0 saturated carbocycles. The fourth-order valence-corrected chi connectivity index (χ4v) is 8.32. The van der Waals surface area contributed by atoms with Gasteiger partial charge < -0.3 is 82.1 Å². The van der Waals surface area contributed by atoms with Crippen molar-refractivity contribution in [3.05, 3.63) is 55.6 Å². The number of carbonyl (C=O) groups excluding carboxylic acids is 6. The van der Waals surface area contributed by atoms with Gasteiger partial charge in [-0.25, -0.2) is 0 Å². The average Bonchev–Trinajstić information content (AvgIpc) is 3.33. The summed E-state index contributed by atoms with van der Waals surface area (Å²) in [5.74, 6) is -3.95. The number of hydrogen-bond donors (Lipinski definition) is 14. The Hall–Kier alpha value is -5.14. The third-order valence-corrected chi connectivity index (χ3v) is 11.8. The summed E-state index contributed by atoms with van der Waals surface area (Å²) in [5, 5.41) is 110. The number of carbonyl (C=O) groups is 6. The van der Waals surface area contributed by atoms with Gasteiger partial charge in [-0.05, 0) is 87.3 Å². The van der Waals surface area contributed by atoms with E-state index in [2.05, 4.69) is 21.3 Å². The van der Waals surface area contributed by atoms with E-state index in [9.17, 15) is 79.8 Å². The molecule has 0 spiro atoms. The summed E-state index contributed by atoms with van der Waals surface area (Å²) in [6.07, 6.45) is -6.43. The Morgan fingerprint density at radius 1 is 0.437 bits per heavy atom. The minimum absolute atomic E-state index is 0.000282. The smallest absolute Gasteiger partial charge is 0.252 e. The summed E-state index contributed by atoms with van der Waals surface area (Å²) in [7, 11) is 0. The zero-order valence-electron chi connectivity index (χ0n) is 42.9. The number of aliphatic hydroxyl groups is 10. The van der Waals surface area contributed by atoms with Crippen LogP contribution in [-0.2, 0) is 16.0 Å². The number of amides is 6. The maximum atomic E-state index is 13.7. The van der Waals surface area contributed by atoms with Crippen molar-refractivity contribution >= 4 is 46.8 Å². The molecule has 0 heterocycles. The van der Waals surface area contributed by atoms with Crippen LogP contribution in [0.3, 0.4) is 0 Å². The fraction of sp³-hybridized carbons (Fsp3) is 0.633. The number of anilines is 2. The summed E-state index contributed by atoms with van der Waals surface area (Å²) >= 11 is 0. The third-order valence-electron chi connectivity index (χ3n) is 11.8. The lowest BCUT2D eigenvalue weighted by Gasteiger charge is -2.31. The van der Waals surface area contributed by atoms with Gasteiger partial charge in [0, 0.05) is 62.3 Å². The Labute approximate surface area is 416 Å². The third kappa shape index (κ3) is 17.8. The van der Waals surface area contributed by atoms with Crippen LogP contribution in [0.4, 0.5) is 11.4 Å². The molecule has 14 N–H and O–H groups in total. The molecule has 0 aromatic heterocycles. The Morgan fingerprint density at radius 3 is 0.986 bits per heavy atom. The zero-order chi connectivity index (χ0) is 54.4. The average molecular weight is 1010 g/mol. The van der Waals surface area contributed by atoms with Gasteiger partial charge in [-0.3, -0.25) is 28.8 Å². The van der Waals surface area contributed by atoms with Crippen LogP contribution in [-0.4, -0.2) is 189 Å². The highest BCUT2D eigenvalue weighted by molar-refractivity contribution is 6.09. The molecule has 0 bridgehead atoms. The number of rotatable bonds is 28. The highest BCUT2D eigenvalue weighted by Gasteiger charge is 2.33.